The number of carbonyl (C=O) groups excluding carboxylic acids is 1. The van der Waals surface area contributed by atoms with E-state index in [9.17, 15) is 4.79 Å². The van der Waals surface area contributed by atoms with Crippen LogP contribution in [0.5, 0.6) is 5.75 Å². The topological polar surface area (TPSA) is 87.3 Å². The summed E-state index contributed by atoms with van der Waals surface area (Å²) >= 11 is 18.2. The summed E-state index contributed by atoms with van der Waals surface area (Å²) in [6.07, 6.45) is 0. The van der Waals surface area contributed by atoms with Crippen LogP contribution in [0.1, 0.15) is 16.1 Å². The molecule has 28 heavy (non-hydrogen) atoms. The van der Waals surface area contributed by atoms with Gasteiger partial charge in [-0.05, 0) is 24.3 Å². The zero-order chi connectivity index (χ0) is 20.3. The Morgan fingerprint density at radius 2 is 1.86 bits per heavy atom. The number of nitrogen functional groups attached to an aromatic ring is 1. The van der Waals surface area contributed by atoms with Gasteiger partial charge in [-0.1, -0.05) is 53.0 Å². The standard InChI is InChI=1S/C19H14Cl3N3O3/c1-27-14-5-3-2-4-10(14)9-28-19(26)16-15(22)17(23)25-18(24-16)12-7-6-11(20)8-13(12)21/h2-8H,9H2,1H3,(H2,23,24,25). The number of anilines is 1. The van der Waals surface area contributed by atoms with E-state index in [1.807, 2.05) is 12.1 Å². The van der Waals surface area contributed by atoms with Crippen LogP contribution in [0.3, 0.4) is 0 Å². The lowest BCUT2D eigenvalue weighted by Crippen LogP contribution is -2.12. The highest BCUT2D eigenvalue weighted by molar-refractivity contribution is 6.37. The molecule has 0 saturated carbocycles. The molecular weight excluding hydrogens is 425 g/mol. The van der Waals surface area contributed by atoms with E-state index >= 15 is 0 Å². The molecule has 144 valence electrons. The van der Waals surface area contributed by atoms with E-state index in [2.05, 4.69) is 9.97 Å². The van der Waals surface area contributed by atoms with Crippen molar-refractivity contribution in [2.24, 2.45) is 0 Å². The molecule has 0 fully saturated rings. The van der Waals surface area contributed by atoms with E-state index in [0.717, 1.165) is 0 Å². The molecule has 0 aliphatic rings. The number of para-hydroxylation sites is 1. The van der Waals surface area contributed by atoms with Crippen LogP contribution in [-0.2, 0) is 11.3 Å². The molecule has 0 amide bonds. The van der Waals surface area contributed by atoms with Crippen LogP contribution >= 0.6 is 34.8 Å². The Kier molecular flexibility index (Phi) is 6.24. The number of nitrogens with zero attached hydrogens (tertiary/aromatic N) is 2. The summed E-state index contributed by atoms with van der Waals surface area (Å²) < 4.78 is 10.6. The normalized spacial score (nSPS) is 10.6. The molecular formula is C19H14Cl3N3O3. The highest BCUT2D eigenvalue weighted by Gasteiger charge is 2.21. The van der Waals surface area contributed by atoms with E-state index in [-0.39, 0.29) is 29.0 Å². The number of benzene rings is 2. The molecule has 0 unspecified atom stereocenters. The third-order valence-electron chi connectivity index (χ3n) is 3.79. The van der Waals surface area contributed by atoms with Crippen LogP contribution in [0, 0.1) is 0 Å². The molecule has 3 aromatic rings. The zero-order valence-electron chi connectivity index (χ0n) is 14.6. The quantitative estimate of drug-likeness (QED) is 0.561. The minimum absolute atomic E-state index is 0.0277. The van der Waals surface area contributed by atoms with E-state index in [4.69, 9.17) is 50.0 Å². The third-order valence-corrected chi connectivity index (χ3v) is 4.71. The molecule has 1 aromatic heterocycles. The second-order valence-electron chi connectivity index (χ2n) is 5.61. The lowest BCUT2D eigenvalue weighted by molar-refractivity contribution is 0.0463. The monoisotopic (exact) mass is 437 g/mol. The maximum absolute atomic E-state index is 12.6. The van der Waals surface area contributed by atoms with Crippen LogP contribution in [0.4, 0.5) is 5.82 Å². The molecule has 1 heterocycles. The number of aromatic nitrogens is 2. The smallest absolute Gasteiger partial charge is 0.359 e. The highest BCUT2D eigenvalue weighted by Crippen LogP contribution is 2.31. The van der Waals surface area contributed by atoms with Crippen molar-refractivity contribution in [2.75, 3.05) is 12.8 Å². The predicted molar refractivity (Wildman–Crippen MR) is 109 cm³/mol. The number of rotatable bonds is 5. The number of esters is 1. The lowest BCUT2D eigenvalue weighted by atomic mass is 10.2. The van der Waals surface area contributed by atoms with Crippen molar-refractivity contribution in [1.29, 1.82) is 0 Å². The second kappa shape index (κ2) is 8.65. The summed E-state index contributed by atoms with van der Waals surface area (Å²) in [5.41, 5.74) is 6.83. The average Bonchev–Trinajstić information content (AvgIpc) is 2.68. The van der Waals surface area contributed by atoms with Crippen molar-refractivity contribution in [1.82, 2.24) is 9.97 Å². The van der Waals surface area contributed by atoms with E-state index in [1.54, 1.807) is 24.3 Å². The molecule has 0 atom stereocenters. The molecule has 0 aliphatic heterocycles. The molecule has 0 radical (unpaired) electrons. The summed E-state index contributed by atoms with van der Waals surface area (Å²) in [7, 11) is 1.53. The van der Waals surface area contributed by atoms with E-state index in [0.29, 0.717) is 26.9 Å². The second-order valence-corrected chi connectivity index (χ2v) is 6.83. The molecule has 0 spiro atoms. The van der Waals surface area contributed by atoms with Gasteiger partial charge in [0.2, 0.25) is 0 Å². The van der Waals surface area contributed by atoms with Crippen LogP contribution in [0.25, 0.3) is 11.4 Å². The molecule has 2 aromatic carbocycles. The van der Waals surface area contributed by atoms with E-state index in [1.165, 1.54) is 13.2 Å². The molecule has 0 aliphatic carbocycles. The van der Waals surface area contributed by atoms with Gasteiger partial charge in [-0.3, -0.25) is 0 Å². The number of hydrogen-bond donors (Lipinski definition) is 1. The van der Waals surface area contributed by atoms with Crippen LogP contribution < -0.4 is 10.5 Å². The SMILES string of the molecule is COc1ccccc1COC(=O)c1nc(-c2ccc(Cl)cc2Cl)nc(N)c1Cl. The predicted octanol–water partition coefficient (Wildman–Crippen LogP) is 5.05. The van der Waals surface area contributed by atoms with Crippen molar-refractivity contribution >= 4 is 46.6 Å². The van der Waals surface area contributed by atoms with Gasteiger partial charge < -0.3 is 15.2 Å². The zero-order valence-corrected chi connectivity index (χ0v) is 16.8. The van der Waals surface area contributed by atoms with Gasteiger partial charge in [0.15, 0.2) is 11.5 Å². The first-order valence-corrected chi connectivity index (χ1v) is 9.11. The van der Waals surface area contributed by atoms with Gasteiger partial charge in [0, 0.05) is 16.1 Å². The fourth-order valence-corrected chi connectivity index (χ4v) is 3.08. The first-order valence-electron chi connectivity index (χ1n) is 7.98. The van der Waals surface area contributed by atoms with Crippen molar-refractivity contribution < 1.29 is 14.3 Å². The Morgan fingerprint density at radius 1 is 1.11 bits per heavy atom. The van der Waals surface area contributed by atoms with Gasteiger partial charge in [-0.25, -0.2) is 14.8 Å². The Bertz CT molecular complexity index is 1040. The summed E-state index contributed by atoms with van der Waals surface area (Å²) in [5.74, 6) is -0.0942. The number of nitrogens with two attached hydrogens (primary N) is 1. The summed E-state index contributed by atoms with van der Waals surface area (Å²) in [6.45, 7) is -0.0277. The van der Waals surface area contributed by atoms with Crippen molar-refractivity contribution in [3.8, 4) is 17.1 Å². The molecule has 3 rings (SSSR count). The van der Waals surface area contributed by atoms with Crippen LogP contribution in [0.2, 0.25) is 15.1 Å². The molecule has 6 nitrogen and oxygen atoms in total. The number of methoxy groups -OCH3 is 1. The van der Waals surface area contributed by atoms with Crippen molar-refractivity contribution in [3.63, 3.8) is 0 Å². The number of carbonyl (C=O) groups is 1. The average molecular weight is 439 g/mol. The largest absolute Gasteiger partial charge is 0.496 e. The van der Waals surface area contributed by atoms with E-state index < -0.39 is 5.97 Å². The number of ether oxygens (including phenoxy) is 2. The van der Waals surface area contributed by atoms with Gasteiger partial charge in [-0.15, -0.1) is 0 Å². The maximum Gasteiger partial charge on any atom is 0.359 e. The highest BCUT2D eigenvalue weighted by atomic mass is 35.5. The Hall–Kier alpha value is -2.54. The van der Waals surface area contributed by atoms with Crippen LogP contribution in [-0.4, -0.2) is 23.0 Å². The molecule has 2 N–H and O–H groups in total. The minimum atomic E-state index is -0.753. The molecule has 9 heteroatoms. The first kappa shape index (κ1) is 20.2. The first-order chi connectivity index (χ1) is 13.4. The Morgan fingerprint density at radius 3 is 2.57 bits per heavy atom. The van der Waals surface area contributed by atoms with Gasteiger partial charge in [0.25, 0.3) is 0 Å². The number of halogens is 3. The van der Waals surface area contributed by atoms with Gasteiger partial charge in [0.1, 0.15) is 23.2 Å². The fourth-order valence-electron chi connectivity index (χ4n) is 2.42. The minimum Gasteiger partial charge on any atom is -0.496 e. The molecule has 0 bridgehead atoms. The summed E-state index contributed by atoms with van der Waals surface area (Å²) in [6, 6.07) is 11.9. The third kappa shape index (κ3) is 4.30. The maximum atomic E-state index is 12.6. The summed E-state index contributed by atoms with van der Waals surface area (Å²) in [5, 5.41) is 0.661. The number of hydrogen-bond acceptors (Lipinski definition) is 6. The van der Waals surface area contributed by atoms with Crippen LogP contribution in [0.15, 0.2) is 42.5 Å². The van der Waals surface area contributed by atoms with Gasteiger partial charge >= 0.3 is 5.97 Å². The van der Waals surface area contributed by atoms with Crippen molar-refractivity contribution in [3.05, 3.63) is 68.8 Å². The summed E-state index contributed by atoms with van der Waals surface area (Å²) in [4.78, 5) is 20.9. The Balaban J connectivity index is 1.90. The lowest BCUT2D eigenvalue weighted by Gasteiger charge is -2.11. The molecule has 0 saturated heterocycles. The fraction of sp³-hybridized carbons (Fsp3) is 0.105. The Labute approximate surface area is 176 Å². The van der Waals surface area contributed by atoms with Gasteiger partial charge in [-0.2, -0.15) is 0 Å². The van der Waals surface area contributed by atoms with Gasteiger partial charge in [0.05, 0.1) is 12.1 Å². The van der Waals surface area contributed by atoms with Crippen molar-refractivity contribution in [2.45, 2.75) is 6.61 Å².